The van der Waals surface area contributed by atoms with E-state index >= 15 is 0 Å². The smallest absolute Gasteiger partial charge is 0.222 e. The van der Waals surface area contributed by atoms with Crippen molar-refractivity contribution in [3.05, 3.63) is 78.4 Å². The lowest BCUT2D eigenvalue weighted by atomic mass is 10.2. The van der Waals surface area contributed by atoms with E-state index in [1.807, 2.05) is 30.3 Å². The first-order chi connectivity index (χ1) is 13.9. The van der Waals surface area contributed by atoms with Gasteiger partial charge in [0.1, 0.15) is 5.82 Å². The van der Waals surface area contributed by atoms with E-state index in [0.29, 0.717) is 22.0 Å². The van der Waals surface area contributed by atoms with Gasteiger partial charge >= 0.3 is 0 Å². The summed E-state index contributed by atoms with van der Waals surface area (Å²) in [4.78, 5) is 9.76. The lowest BCUT2D eigenvalue weighted by Crippen LogP contribution is -2.01. The van der Waals surface area contributed by atoms with Crippen LogP contribution < -0.4 is 11.5 Å². The molecule has 0 spiro atoms. The van der Waals surface area contributed by atoms with Crippen LogP contribution in [0.15, 0.2) is 87.5 Å². The molecule has 146 valence electrons. The zero-order valence-electron chi connectivity index (χ0n) is 15.3. The maximum absolute atomic E-state index is 12.7. The second-order valence-electron chi connectivity index (χ2n) is 6.40. The summed E-state index contributed by atoms with van der Waals surface area (Å²) >= 11 is 1.62. The number of sulfone groups is 1. The Morgan fingerprint density at radius 3 is 2.24 bits per heavy atom. The fourth-order valence-electron chi connectivity index (χ4n) is 2.91. The number of anilines is 2. The van der Waals surface area contributed by atoms with E-state index < -0.39 is 9.84 Å². The van der Waals surface area contributed by atoms with Crippen molar-refractivity contribution in [3.8, 4) is 0 Å². The van der Waals surface area contributed by atoms with E-state index in [1.54, 1.807) is 54.2 Å². The van der Waals surface area contributed by atoms with Gasteiger partial charge in [0.2, 0.25) is 15.8 Å². The zero-order chi connectivity index (χ0) is 20.4. The Morgan fingerprint density at radius 1 is 0.828 bits per heavy atom. The predicted octanol–water partition coefficient (Wildman–Crippen LogP) is 3.92. The molecule has 0 radical (unpaired) electrons. The SMILES string of the molecule is Nc1nc(N)c2cc(SCc3ccc(S(=O)(=O)c4ccccc4)cc3)ccc2n1. The molecule has 8 heteroatoms. The van der Waals surface area contributed by atoms with Crippen LogP contribution in [0.5, 0.6) is 0 Å². The lowest BCUT2D eigenvalue weighted by molar-refractivity contribution is 0.596. The minimum absolute atomic E-state index is 0.154. The Bertz CT molecular complexity index is 1280. The third-order valence-electron chi connectivity index (χ3n) is 4.41. The van der Waals surface area contributed by atoms with E-state index in [9.17, 15) is 8.42 Å². The number of benzene rings is 3. The van der Waals surface area contributed by atoms with Gasteiger partial charge in [-0.15, -0.1) is 11.8 Å². The van der Waals surface area contributed by atoms with Gasteiger partial charge in [-0.25, -0.2) is 13.4 Å². The Balaban J connectivity index is 1.50. The minimum atomic E-state index is -3.50. The summed E-state index contributed by atoms with van der Waals surface area (Å²) in [5.74, 6) is 1.19. The molecular weight excluding hydrogens is 404 g/mol. The van der Waals surface area contributed by atoms with Crippen molar-refractivity contribution in [2.45, 2.75) is 20.4 Å². The van der Waals surface area contributed by atoms with Crippen LogP contribution in [0, 0.1) is 0 Å². The number of hydrogen-bond donors (Lipinski definition) is 2. The highest BCUT2D eigenvalue weighted by molar-refractivity contribution is 7.98. The molecule has 4 aromatic rings. The molecule has 0 unspecified atom stereocenters. The summed E-state index contributed by atoms with van der Waals surface area (Å²) in [7, 11) is -3.50. The van der Waals surface area contributed by atoms with Gasteiger partial charge in [-0.3, -0.25) is 0 Å². The van der Waals surface area contributed by atoms with Crippen LogP contribution in [0.25, 0.3) is 10.9 Å². The van der Waals surface area contributed by atoms with E-state index in [2.05, 4.69) is 9.97 Å². The highest BCUT2D eigenvalue weighted by Crippen LogP contribution is 2.29. The van der Waals surface area contributed by atoms with Gasteiger partial charge in [0.15, 0.2) is 0 Å². The molecule has 4 rings (SSSR count). The zero-order valence-corrected chi connectivity index (χ0v) is 17.0. The molecule has 6 nitrogen and oxygen atoms in total. The molecule has 0 amide bonds. The monoisotopic (exact) mass is 422 g/mol. The van der Waals surface area contributed by atoms with Crippen LogP contribution in [-0.4, -0.2) is 18.4 Å². The molecule has 0 bridgehead atoms. The Labute approximate surface area is 172 Å². The molecule has 0 aliphatic rings. The summed E-state index contributed by atoms with van der Waals surface area (Å²) in [6, 6.07) is 21.1. The summed E-state index contributed by atoms with van der Waals surface area (Å²) in [6.45, 7) is 0. The largest absolute Gasteiger partial charge is 0.383 e. The maximum atomic E-state index is 12.7. The Morgan fingerprint density at radius 2 is 1.52 bits per heavy atom. The first-order valence-electron chi connectivity index (χ1n) is 8.78. The fourth-order valence-corrected chi connectivity index (χ4v) is 5.08. The van der Waals surface area contributed by atoms with Crippen LogP contribution in [0.2, 0.25) is 0 Å². The van der Waals surface area contributed by atoms with Crippen molar-refractivity contribution >= 4 is 44.3 Å². The third kappa shape index (κ3) is 4.03. The average Bonchev–Trinajstić information content (AvgIpc) is 2.73. The first-order valence-corrected chi connectivity index (χ1v) is 11.2. The average molecular weight is 423 g/mol. The van der Waals surface area contributed by atoms with Gasteiger partial charge in [-0.1, -0.05) is 30.3 Å². The number of nitrogens with two attached hydrogens (primary N) is 2. The molecule has 0 saturated heterocycles. The molecule has 0 aliphatic carbocycles. The molecule has 0 saturated carbocycles. The van der Waals surface area contributed by atoms with Gasteiger partial charge in [0, 0.05) is 16.0 Å². The third-order valence-corrected chi connectivity index (χ3v) is 7.26. The molecule has 29 heavy (non-hydrogen) atoms. The standard InChI is InChI=1S/C21H18N4O2S2/c22-20-18-12-15(8-11-19(18)24-21(23)25-20)28-13-14-6-9-17(10-7-14)29(26,27)16-4-2-1-3-5-16/h1-12H,13H2,(H4,22,23,24,25). The Kier molecular flexibility index (Phi) is 5.12. The number of aromatic nitrogens is 2. The molecule has 1 aromatic heterocycles. The highest BCUT2D eigenvalue weighted by atomic mass is 32.2. The van der Waals surface area contributed by atoms with Gasteiger partial charge < -0.3 is 11.5 Å². The number of rotatable bonds is 5. The van der Waals surface area contributed by atoms with Crippen molar-refractivity contribution in [2.75, 3.05) is 11.5 Å². The number of thioether (sulfide) groups is 1. The quantitative estimate of drug-likeness (QED) is 0.469. The van der Waals surface area contributed by atoms with Gasteiger partial charge in [-0.2, -0.15) is 4.98 Å². The van der Waals surface area contributed by atoms with Crippen molar-refractivity contribution < 1.29 is 8.42 Å². The maximum Gasteiger partial charge on any atom is 0.222 e. The van der Waals surface area contributed by atoms with Gasteiger partial charge in [-0.05, 0) is 48.0 Å². The summed E-state index contributed by atoms with van der Waals surface area (Å²) < 4.78 is 25.3. The van der Waals surface area contributed by atoms with Crippen LogP contribution >= 0.6 is 11.8 Å². The van der Waals surface area contributed by atoms with Crippen molar-refractivity contribution in [1.82, 2.24) is 9.97 Å². The highest BCUT2D eigenvalue weighted by Gasteiger charge is 2.16. The summed E-state index contributed by atoms with van der Waals surface area (Å²) in [5.41, 5.74) is 13.3. The van der Waals surface area contributed by atoms with Crippen LogP contribution in [0.3, 0.4) is 0 Å². The number of nitrogen functional groups attached to an aromatic ring is 2. The summed E-state index contributed by atoms with van der Waals surface area (Å²) in [6.07, 6.45) is 0. The topological polar surface area (TPSA) is 112 Å². The number of nitrogens with zero attached hydrogens (tertiary/aromatic N) is 2. The van der Waals surface area contributed by atoms with E-state index in [1.165, 1.54) is 0 Å². The minimum Gasteiger partial charge on any atom is -0.383 e. The van der Waals surface area contributed by atoms with Crippen molar-refractivity contribution in [3.63, 3.8) is 0 Å². The molecule has 1 heterocycles. The number of fused-ring (bicyclic) bond motifs is 1. The molecular formula is C21H18N4O2S2. The van der Waals surface area contributed by atoms with Crippen molar-refractivity contribution in [1.29, 1.82) is 0 Å². The van der Waals surface area contributed by atoms with Crippen molar-refractivity contribution in [2.24, 2.45) is 0 Å². The van der Waals surface area contributed by atoms with Gasteiger partial charge in [0.05, 0.1) is 15.3 Å². The predicted molar refractivity (Wildman–Crippen MR) is 116 cm³/mol. The lowest BCUT2D eigenvalue weighted by Gasteiger charge is -2.08. The summed E-state index contributed by atoms with van der Waals surface area (Å²) in [5, 5.41) is 0.758. The van der Waals surface area contributed by atoms with Gasteiger partial charge in [0.25, 0.3) is 0 Å². The molecule has 3 aromatic carbocycles. The molecule has 4 N–H and O–H groups in total. The van der Waals surface area contributed by atoms with Crippen LogP contribution in [-0.2, 0) is 15.6 Å². The fraction of sp³-hybridized carbons (Fsp3) is 0.0476. The number of hydrogen-bond acceptors (Lipinski definition) is 7. The second kappa shape index (κ2) is 7.73. The first kappa shape index (κ1) is 19.2. The second-order valence-corrected chi connectivity index (χ2v) is 9.39. The molecule has 0 fully saturated rings. The normalized spacial score (nSPS) is 11.6. The molecule has 0 atom stereocenters. The van der Waals surface area contributed by atoms with E-state index in [-0.39, 0.29) is 10.8 Å². The van der Waals surface area contributed by atoms with E-state index in [0.717, 1.165) is 15.8 Å². The van der Waals surface area contributed by atoms with E-state index in [4.69, 9.17) is 11.5 Å². The van der Waals surface area contributed by atoms with Crippen LogP contribution in [0.4, 0.5) is 11.8 Å². The molecule has 0 aliphatic heterocycles. The Hall–Kier alpha value is -3.10. The van der Waals surface area contributed by atoms with Crippen LogP contribution in [0.1, 0.15) is 5.56 Å².